The molecular formula is C30H29N3O5S. The monoisotopic (exact) mass is 543 g/mol. The molecule has 200 valence electrons. The molecule has 8 nitrogen and oxygen atoms in total. The molecule has 39 heavy (non-hydrogen) atoms. The van der Waals surface area contributed by atoms with Gasteiger partial charge in [0.2, 0.25) is 0 Å². The van der Waals surface area contributed by atoms with Crippen LogP contribution in [0.2, 0.25) is 0 Å². The number of anilines is 1. The van der Waals surface area contributed by atoms with E-state index in [9.17, 15) is 13.2 Å². The second-order valence-corrected chi connectivity index (χ2v) is 10.5. The largest absolute Gasteiger partial charge is 0.497 e. The number of benzene rings is 4. The molecule has 0 unspecified atom stereocenters. The lowest BCUT2D eigenvalue weighted by Gasteiger charge is -2.24. The predicted molar refractivity (Wildman–Crippen MR) is 152 cm³/mol. The summed E-state index contributed by atoms with van der Waals surface area (Å²) in [6.45, 7) is 1.90. The molecule has 9 heteroatoms. The highest BCUT2D eigenvalue weighted by Crippen LogP contribution is 2.25. The van der Waals surface area contributed by atoms with Crippen molar-refractivity contribution in [3.63, 3.8) is 0 Å². The smallest absolute Gasteiger partial charge is 0.264 e. The minimum Gasteiger partial charge on any atom is -0.497 e. The van der Waals surface area contributed by atoms with Crippen LogP contribution in [-0.2, 0) is 21.4 Å². The standard InChI is InChI=1S/C30H29N3O5S/c1-23-8-12-26(13-9-23)33(39(35,36)29-18-16-27(37-2)17-19-29)21-30(34)32-31-20-24-10-14-28(15-11-24)38-22-25-6-4-3-5-7-25/h3-20H,21-22H2,1-2H3,(H,32,34)/b31-20-. The molecule has 4 aromatic carbocycles. The van der Waals surface area contributed by atoms with Gasteiger partial charge in [-0.2, -0.15) is 5.10 Å². The number of carbonyl (C=O) groups is 1. The zero-order valence-corrected chi connectivity index (χ0v) is 22.5. The molecule has 0 saturated carbocycles. The van der Waals surface area contributed by atoms with Gasteiger partial charge in [-0.3, -0.25) is 9.10 Å². The number of aryl methyl sites for hydroxylation is 1. The Hall–Kier alpha value is -4.63. The molecule has 0 saturated heterocycles. The summed E-state index contributed by atoms with van der Waals surface area (Å²) in [7, 11) is -2.54. The number of hydrazone groups is 1. The summed E-state index contributed by atoms with van der Waals surface area (Å²) in [6, 6.07) is 30.0. The van der Waals surface area contributed by atoms with Crippen molar-refractivity contribution in [2.24, 2.45) is 5.10 Å². The Labute approximate surface area is 228 Å². The molecule has 0 aliphatic carbocycles. The summed E-state index contributed by atoms with van der Waals surface area (Å²) in [6.07, 6.45) is 1.48. The van der Waals surface area contributed by atoms with Gasteiger partial charge in [0.05, 0.1) is 23.9 Å². The lowest BCUT2D eigenvalue weighted by Crippen LogP contribution is -2.39. The quantitative estimate of drug-likeness (QED) is 0.214. The number of rotatable bonds is 11. The molecule has 0 aliphatic heterocycles. The Bertz CT molecular complexity index is 1500. The number of amides is 1. The van der Waals surface area contributed by atoms with E-state index in [1.165, 1.54) is 25.5 Å². The zero-order valence-electron chi connectivity index (χ0n) is 21.7. The van der Waals surface area contributed by atoms with Crippen LogP contribution in [0.3, 0.4) is 0 Å². The van der Waals surface area contributed by atoms with Crippen molar-refractivity contribution in [3.8, 4) is 11.5 Å². The lowest BCUT2D eigenvalue weighted by atomic mass is 10.2. The normalized spacial score (nSPS) is 11.2. The Balaban J connectivity index is 1.41. The molecule has 0 fully saturated rings. The second kappa shape index (κ2) is 12.7. The van der Waals surface area contributed by atoms with E-state index in [1.54, 1.807) is 36.4 Å². The predicted octanol–water partition coefficient (Wildman–Crippen LogP) is 4.93. The summed E-state index contributed by atoms with van der Waals surface area (Å²) < 4.78 is 38.9. The highest BCUT2D eigenvalue weighted by Gasteiger charge is 2.27. The van der Waals surface area contributed by atoms with Crippen LogP contribution in [0.5, 0.6) is 11.5 Å². The number of hydrogen-bond donors (Lipinski definition) is 1. The molecule has 1 amide bonds. The van der Waals surface area contributed by atoms with Gasteiger partial charge in [-0.15, -0.1) is 0 Å². The SMILES string of the molecule is COc1ccc(S(=O)(=O)N(CC(=O)N/N=C\c2ccc(OCc3ccccc3)cc2)c2ccc(C)cc2)cc1. The van der Waals surface area contributed by atoms with Crippen molar-refractivity contribution in [2.75, 3.05) is 18.0 Å². The number of methoxy groups -OCH3 is 1. The summed E-state index contributed by atoms with van der Waals surface area (Å²) in [4.78, 5) is 12.8. The molecule has 4 rings (SSSR count). The average molecular weight is 544 g/mol. The van der Waals surface area contributed by atoms with E-state index >= 15 is 0 Å². The number of carbonyl (C=O) groups excluding carboxylic acids is 1. The molecule has 0 atom stereocenters. The van der Waals surface area contributed by atoms with Gasteiger partial charge in [0.15, 0.2) is 0 Å². The van der Waals surface area contributed by atoms with Gasteiger partial charge in [0.1, 0.15) is 24.7 Å². The van der Waals surface area contributed by atoms with E-state index in [0.29, 0.717) is 23.8 Å². The molecule has 0 aromatic heterocycles. The molecular weight excluding hydrogens is 514 g/mol. The van der Waals surface area contributed by atoms with Gasteiger partial charge in [0, 0.05) is 0 Å². The van der Waals surface area contributed by atoms with Gasteiger partial charge in [-0.1, -0.05) is 48.0 Å². The Kier molecular flexibility index (Phi) is 8.96. The van der Waals surface area contributed by atoms with E-state index in [0.717, 1.165) is 21.0 Å². The molecule has 0 spiro atoms. The van der Waals surface area contributed by atoms with E-state index in [4.69, 9.17) is 9.47 Å². The van der Waals surface area contributed by atoms with Crippen molar-refractivity contribution >= 4 is 27.8 Å². The van der Waals surface area contributed by atoms with E-state index in [2.05, 4.69) is 10.5 Å². The third-order valence-electron chi connectivity index (χ3n) is 5.79. The van der Waals surface area contributed by atoms with Gasteiger partial charge in [0.25, 0.3) is 15.9 Å². The topological polar surface area (TPSA) is 97.3 Å². The van der Waals surface area contributed by atoms with Crippen LogP contribution in [0.4, 0.5) is 5.69 Å². The van der Waals surface area contributed by atoms with Crippen LogP contribution >= 0.6 is 0 Å². The first-order chi connectivity index (χ1) is 18.8. The van der Waals surface area contributed by atoms with Crippen molar-refractivity contribution in [2.45, 2.75) is 18.4 Å². The number of nitrogens with one attached hydrogen (secondary N) is 1. The minimum atomic E-state index is -4.04. The Morgan fingerprint density at radius 3 is 2.15 bits per heavy atom. The minimum absolute atomic E-state index is 0.0368. The zero-order chi connectivity index (χ0) is 27.7. The third kappa shape index (κ3) is 7.45. The maximum absolute atomic E-state index is 13.5. The first-order valence-corrected chi connectivity index (χ1v) is 13.6. The highest BCUT2D eigenvalue weighted by atomic mass is 32.2. The molecule has 0 bridgehead atoms. The molecule has 0 aliphatic rings. The van der Waals surface area contributed by atoms with E-state index < -0.39 is 22.5 Å². The maximum Gasteiger partial charge on any atom is 0.264 e. The molecule has 0 radical (unpaired) electrons. The van der Waals surface area contributed by atoms with Gasteiger partial charge >= 0.3 is 0 Å². The summed E-state index contributed by atoms with van der Waals surface area (Å²) in [5.74, 6) is 0.642. The van der Waals surface area contributed by atoms with Crippen molar-refractivity contribution in [1.29, 1.82) is 0 Å². The van der Waals surface area contributed by atoms with Crippen LogP contribution in [-0.4, -0.2) is 34.2 Å². The average Bonchev–Trinajstić information content (AvgIpc) is 2.96. The molecule has 1 N–H and O–H groups in total. The molecule has 0 heterocycles. The fourth-order valence-corrected chi connectivity index (χ4v) is 5.06. The van der Waals surface area contributed by atoms with Crippen LogP contribution < -0.4 is 19.2 Å². The highest BCUT2D eigenvalue weighted by molar-refractivity contribution is 7.92. The second-order valence-electron chi connectivity index (χ2n) is 8.66. The van der Waals surface area contributed by atoms with Crippen LogP contribution in [0, 0.1) is 6.92 Å². The fourth-order valence-electron chi connectivity index (χ4n) is 3.64. The first-order valence-electron chi connectivity index (χ1n) is 12.2. The van der Waals surface area contributed by atoms with Crippen molar-refractivity contribution in [3.05, 3.63) is 120 Å². The Morgan fingerprint density at radius 2 is 1.51 bits per heavy atom. The Morgan fingerprint density at radius 1 is 0.872 bits per heavy atom. The fraction of sp³-hybridized carbons (Fsp3) is 0.133. The van der Waals surface area contributed by atoms with Gasteiger partial charge in [-0.05, 0) is 78.7 Å². The maximum atomic E-state index is 13.5. The number of ether oxygens (including phenoxy) is 2. The first kappa shape index (κ1) is 27.4. The van der Waals surface area contributed by atoms with Crippen LogP contribution in [0.15, 0.2) is 113 Å². The van der Waals surface area contributed by atoms with Gasteiger partial charge < -0.3 is 9.47 Å². The van der Waals surface area contributed by atoms with Crippen molar-refractivity contribution < 1.29 is 22.7 Å². The third-order valence-corrected chi connectivity index (χ3v) is 7.58. The lowest BCUT2D eigenvalue weighted by molar-refractivity contribution is -0.119. The van der Waals surface area contributed by atoms with Crippen molar-refractivity contribution in [1.82, 2.24) is 5.43 Å². The summed E-state index contributed by atoms with van der Waals surface area (Å²) >= 11 is 0. The van der Waals surface area contributed by atoms with Crippen LogP contribution in [0.25, 0.3) is 0 Å². The van der Waals surface area contributed by atoms with E-state index in [-0.39, 0.29) is 4.90 Å². The van der Waals surface area contributed by atoms with E-state index in [1.807, 2.05) is 61.5 Å². The number of sulfonamides is 1. The number of hydrogen-bond acceptors (Lipinski definition) is 6. The number of nitrogens with zero attached hydrogens (tertiary/aromatic N) is 2. The van der Waals surface area contributed by atoms with Gasteiger partial charge in [-0.25, -0.2) is 13.8 Å². The van der Waals surface area contributed by atoms with Crippen LogP contribution in [0.1, 0.15) is 16.7 Å². The summed E-state index contributed by atoms with van der Waals surface area (Å²) in [5, 5.41) is 4.00. The molecule has 4 aromatic rings. The summed E-state index contributed by atoms with van der Waals surface area (Å²) in [5.41, 5.74) is 5.55.